The third-order valence-corrected chi connectivity index (χ3v) is 3.20. The first-order valence-electron chi connectivity index (χ1n) is 6.47. The monoisotopic (exact) mass is 298 g/mol. The first kappa shape index (κ1) is 16.3. The number of carbonyl (C=O) groups is 2. The summed E-state index contributed by atoms with van der Waals surface area (Å²) in [6.07, 6.45) is 1.28. The van der Waals surface area contributed by atoms with Crippen LogP contribution in [0.15, 0.2) is 18.2 Å². The molecule has 0 fully saturated rings. The van der Waals surface area contributed by atoms with Crippen molar-refractivity contribution in [2.45, 2.75) is 26.7 Å². The van der Waals surface area contributed by atoms with Crippen molar-refractivity contribution in [2.24, 2.45) is 5.92 Å². The molecule has 0 saturated carbocycles. The van der Waals surface area contributed by atoms with Crippen molar-refractivity contribution in [2.75, 3.05) is 11.9 Å². The standard InChI is InChI=1S/C14H19ClN2O3/c1-3-4-10(13(18)19)8-16-14(20)17-12-7-9(2)5-6-11(12)15/h5-7,10H,3-4,8H2,1-2H3,(H,18,19)(H2,16,17,20). The van der Waals surface area contributed by atoms with Crippen LogP contribution in [-0.2, 0) is 4.79 Å². The minimum absolute atomic E-state index is 0.0957. The molecule has 0 heterocycles. The zero-order valence-corrected chi connectivity index (χ0v) is 12.3. The van der Waals surface area contributed by atoms with Gasteiger partial charge in [0.2, 0.25) is 0 Å². The van der Waals surface area contributed by atoms with Gasteiger partial charge in [0, 0.05) is 6.54 Å². The Morgan fingerprint density at radius 3 is 2.70 bits per heavy atom. The molecular weight excluding hydrogens is 280 g/mol. The van der Waals surface area contributed by atoms with E-state index < -0.39 is 17.9 Å². The molecule has 0 aliphatic rings. The summed E-state index contributed by atoms with van der Waals surface area (Å²) in [4.78, 5) is 22.7. The summed E-state index contributed by atoms with van der Waals surface area (Å²) in [5, 5.41) is 14.6. The summed E-state index contributed by atoms with van der Waals surface area (Å²) in [5.41, 5.74) is 1.48. The average molecular weight is 299 g/mol. The predicted octanol–water partition coefficient (Wildman–Crippen LogP) is 3.27. The van der Waals surface area contributed by atoms with Crippen molar-refractivity contribution in [1.29, 1.82) is 0 Å². The summed E-state index contributed by atoms with van der Waals surface area (Å²) >= 11 is 5.97. The number of anilines is 1. The number of rotatable bonds is 6. The van der Waals surface area contributed by atoms with Crippen molar-refractivity contribution in [3.63, 3.8) is 0 Å². The number of benzene rings is 1. The van der Waals surface area contributed by atoms with Gasteiger partial charge >= 0.3 is 12.0 Å². The first-order chi connectivity index (χ1) is 9.43. The number of aliphatic carboxylic acids is 1. The molecule has 1 aromatic carbocycles. The highest BCUT2D eigenvalue weighted by Gasteiger charge is 2.17. The lowest BCUT2D eigenvalue weighted by Crippen LogP contribution is -2.35. The van der Waals surface area contributed by atoms with Gasteiger partial charge in [0.15, 0.2) is 0 Å². The smallest absolute Gasteiger partial charge is 0.319 e. The number of hydrogen-bond acceptors (Lipinski definition) is 2. The van der Waals surface area contributed by atoms with E-state index in [4.69, 9.17) is 16.7 Å². The number of halogens is 1. The average Bonchev–Trinajstić information content (AvgIpc) is 2.38. The van der Waals surface area contributed by atoms with Gasteiger partial charge in [-0.15, -0.1) is 0 Å². The molecule has 0 aliphatic carbocycles. The third-order valence-electron chi connectivity index (χ3n) is 2.87. The molecule has 6 heteroatoms. The number of aryl methyl sites for hydroxylation is 1. The number of hydrogen-bond donors (Lipinski definition) is 3. The van der Waals surface area contributed by atoms with Crippen molar-refractivity contribution in [3.8, 4) is 0 Å². The van der Waals surface area contributed by atoms with Crippen LogP contribution in [0.1, 0.15) is 25.3 Å². The molecular formula is C14H19ClN2O3. The van der Waals surface area contributed by atoms with Crippen molar-refractivity contribution >= 4 is 29.3 Å². The van der Waals surface area contributed by atoms with Gasteiger partial charge in [0.1, 0.15) is 0 Å². The highest BCUT2D eigenvalue weighted by atomic mass is 35.5. The Balaban J connectivity index is 2.55. The second-order valence-electron chi connectivity index (χ2n) is 4.64. The fourth-order valence-electron chi connectivity index (χ4n) is 1.78. The molecule has 0 bridgehead atoms. The number of amides is 2. The quantitative estimate of drug-likeness (QED) is 0.754. The highest BCUT2D eigenvalue weighted by molar-refractivity contribution is 6.33. The Morgan fingerprint density at radius 2 is 2.10 bits per heavy atom. The Morgan fingerprint density at radius 1 is 1.40 bits per heavy atom. The Hall–Kier alpha value is -1.75. The summed E-state index contributed by atoms with van der Waals surface area (Å²) < 4.78 is 0. The minimum atomic E-state index is -0.902. The van der Waals surface area contributed by atoms with Gasteiger partial charge < -0.3 is 15.7 Å². The molecule has 0 aliphatic heterocycles. The van der Waals surface area contributed by atoms with Crippen LogP contribution in [0.5, 0.6) is 0 Å². The van der Waals surface area contributed by atoms with E-state index in [1.165, 1.54) is 0 Å². The zero-order valence-electron chi connectivity index (χ0n) is 11.6. The topological polar surface area (TPSA) is 78.4 Å². The lowest BCUT2D eigenvalue weighted by Gasteiger charge is -2.13. The van der Waals surface area contributed by atoms with Crippen LogP contribution < -0.4 is 10.6 Å². The van der Waals surface area contributed by atoms with E-state index in [1.54, 1.807) is 12.1 Å². The highest BCUT2D eigenvalue weighted by Crippen LogP contribution is 2.22. The predicted molar refractivity (Wildman–Crippen MR) is 79.2 cm³/mol. The summed E-state index contributed by atoms with van der Waals surface area (Å²) in [6, 6.07) is 4.83. The maximum Gasteiger partial charge on any atom is 0.319 e. The Labute approximate surface area is 123 Å². The zero-order chi connectivity index (χ0) is 15.1. The molecule has 2 amide bonds. The van der Waals surface area contributed by atoms with E-state index in [1.807, 2.05) is 19.9 Å². The van der Waals surface area contributed by atoms with E-state index in [-0.39, 0.29) is 6.54 Å². The van der Waals surface area contributed by atoms with Crippen molar-refractivity contribution < 1.29 is 14.7 Å². The maximum atomic E-state index is 11.7. The molecule has 1 aromatic rings. The minimum Gasteiger partial charge on any atom is -0.481 e. The van der Waals surface area contributed by atoms with Crippen LogP contribution in [0.2, 0.25) is 5.02 Å². The normalized spacial score (nSPS) is 11.8. The molecule has 5 nitrogen and oxygen atoms in total. The molecule has 0 aromatic heterocycles. The van der Waals surface area contributed by atoms with Crippen LogP contribution in [-0.4, -0.2) is 23.7 Å². The summed E-state index contributed by atoms with van der Waals surface area (Å²) in [7, 11) is 0. The number of urea groups is 1. The molecule has 20 heavy (non-hydrogen) atoms. The fraction of sp³-hybridized carbons (Fsp3) is 0.429. The molecule has 1 unspecified atom stereocenters. The molecule has 1 rings (SSSR count). The van der Waals surface area contributed by atoms with Gasteiger partial charge in [-0.25, -0.2) is 4.79 Å². The molecule has 0 saturated heterocycles. The summed E-state index contributed by atoms with van der Waals surface area (Å²) in [5.74, 6) is -1.47. The number of carboxylic acid groups (broad SMARTS) is 1. The second-order valence-corrected chi connectivity index (χ2v) is 5.05. The Kier molecular flexibility index (Phi) is 6.31. The van der Waals surface area contributed by atoms with E-state index in [2.05, 4.69) is 10.6 Å². The lowest BCUT2D eigenvalue weighted by atomic mass is 10.0. The van der Waals surface area contributed by atoms with Crippen LogP contribution in [0.4, 0.5) is 10.5 Å². The van der Waals surface area contributed by atoms with Crippen LogP contribution in [0.25, 0.3) is 0 Å². The number of carbonyl (C=O) groups excluding carboxylic acids is 1. The van der Waals surface area contributed by atoms with Gasteiger partial charge in [-0.3, -0.25) is 4.79 Å². The first-order valence-corrected chi connectivity index (χ1v) is 6.85. The molecule has 3 N–H and O–H groups in total. The number of carboxylic acids is 1. The van der Waals surface area contributed by atoms with Crippen molar-refractivity contribution in [3.05, 3.63) is 28.8 Å². The largest absolute Gasteiger partial charge is 0.481 e. The Bertz CT molecular complexity index is 491. The van der Waals surface area contributed by atoms with E-state index >= 15 is 0 Å². The number of nitrogens with one attached hydrogen (secondary N) is 2. The van der Waals surface area contributed by atoms with E-state index in [9.17, 15) is 9.59 Å². The van der Waals surface area contributed by atoms with Crippen LogP contribution in [0, 0.1) is 12.8 Å². The van der Waals surface area contributed by atoms with Gasteiger partial charge in [0.05, 0.1) is 16.6 Å². The lowest BCUT2D eigenvalue weighted by molar-refractivity contribution is -0.141. The van der Waals surface area contributed by atoms with Gasteiger partial charge in [-0.1, -0.05) is 31.0 Å². The van der Waals surface area contributed by atoms with Gasteiger partial charge in [-0.05, 0) is 31.0 Å². The third kappa shape index (κ3) is 5.09. The van der Waals surface area contributed by atoms with Crippen molar-refractivity contribution in [1.82, 2.24) is 5.32 Å². The van der Waals surface area contributed by atoms with E-state index in [0.717, 1.165) is 12.0 Å². The van der Waals surface area contributed by atoms with Crippen LogP contribution >= 0.6 is 11.6 Å². The molecule has 1 atom stereocenters. The van der Waals surface area contributed by atoms with Gasteiger partial charge in [-0.2, -0.15) is 0 Å². The second kappa shape index (κ2) is 7.75. The summed E-state index contributed by atoms with van der Waals surface area (Å²) in [6.45, 7) is 3.89. The van der Waals surface area contributed by atoms with Crippen LogP contribution in [0.3, 0.4) is 0 Å². The SMILES string of the molecule is CCCC(CNC(=O)Nc1cc(C)ccc1Cl)C(=O)O. The molecule has 0 spiro atoms. The maximum absolute atomic E-state index is 11.7. The molecule has 0 radical (unpaired) electrons. The fourth-order valence-corrected chi connectivity index (χ4v) is 1.94. The molecule has 110 valence electrons. The van der Waals surface area contributed by atoms with E-state index in [0.29, 0.717) is 17.1 Å². The van der Waals surface area contributed by atoms with Gasteiger partial charge in [0.25, 0.3) is 0 Å².